The van der Waals surface area contributed by atoms with Crippen molar-refractivity contribution in [3.05, 3.63) is 36.0 Å². The molecule has 1 aromatic carbocycles. The Labute approximate surface area is 135 Å². The molecule has 1 aliphatic rings. The van der Waals surface area contributed by atoms with E-state index >= 15 is 0 Å². The summed E-state index contributed by atoms with van der Waals surface area (Å²) < 4.78 is 1.89. The standard InChI is InChI=1S/C18H22N2O3/c1-20-12-14(13-8-4-5-9-15(13)20)16(21)19-18(17(22)23)10-6-2-3-7-11-18/h4-5,8-9,12H,2-3,6-7,10-11H2,1H3,(H,19,21)(H,22,23). The van der Waals surface area contributed by atoms with Crippen molar-refractivity contribution in [2.24, 2.45) is 7.05 Å². The number of carboxylic acids is 1. The van der Waals surface area contributed by atoms with Crippen molar-refractivity contribution in [3.8, 4) is 0 Å². The average molecular weight is 314 g/mol. The molecule has 0 aliphatic heterocycles. The second-order valence-electron chi connectivity index (χ2n) is 6.43. The predicted molar refractivity (Wildman–Crippen MR) is 88.5 cm³/mol. The number of carbonyl (C=O) groups is 2. The summed E-state index contributed by atoms with van der Waals surface area (Å²) in [4.78, 5) is 24.6. The number of nitrogens with zero attached hydrogens (tertiary/aromatic N) is 1. The second-order valence-corrected chi connectivity index (χ2v) is 6.43. The molecule has 1 aliphatic carbocycles. The maximum atomic E-state index is 12.8. The topological polar surface area (TPSA) is 71.3 Å². The largest absolute Gasteiger partial charge is 0.480 e. The number of aliphatic carboxylic acids is 1. The van der Waals surface area contributed by atoms with Crippen LogP contribution in [0.1, 0.15) is 48.9 Å². The van der Waals surface area contributed by atoms with Crippen LogP contribution in [0.25, 0.3) is 10.9 Å². The van der Waals surface area contributed by atoms with Crippen LogP contribution >= 0.6 is 0 Å². The fourth-order valence-corrected chi connectivity index (χ4v) is 3.53. The van der Waals surface area contributed by atoms with Crippen molar-refractivity contribution in [1.29, 1.82) is 0 Å². The Morgan fingerprint density at radius 2 is 1.78 bits per heavy atom. The highest BCUT2D eigenvalue weighted by atomic mass is 16.4. The van der Waals surface area contributed by atoms with E-state index in [1.807, 2.05) is 35.9 Å². The molecule has 23 heavy (non-hydrogen) atoms. The van der Waals surface area contributed by atoms with Gasteiger partial charge in [-0.3, -0.25) is 4.79 Å². The molecule has 0 saturated heterocycles. The minimum Gasteiger partial charge on any atom is -0.480 e. The molecule has 0 unspecified atom stereocenters. The summed E-state index contributed by atoms with van der Waals surface area (Å²) in [5.41, 5.74) is 0.362. The number of para-hydroxylation sites is 1. The number of hydrogen-bond donors (Lipinski definition) is 2. The Morgan fingerprint density at radius 3 is 2.43 bits per heavy atom. The Kier molecular flexibility index (Phi) is 4.11. The first-order chi connectivity index (χ1) is 11.0. The third-order valence-corrected chi connectivity index (χ3v) is 4.86. The average Bonchev–Trinajstić information content (AvgIpc) is 2.72. The summed E-state index contributed by atoms with van der Waals surface area (Å²) in [5, 5.41) is 13.4. The van der Waals surface area contributed by atoms with Crippen molar-refractivity contribution < 1.29 is 14.7 Å². The van der Waals surface area contributed by atoms with Gasteiger partial charge in [-0.2, -0.15) is 0 Å². The minimum absolute atomic E-state index is 0.300. The molecule has 1 saturated carbocycles. The van der Waals surface area contributed by atoms with E-state index < -0.39 is 11.5 Å². The Balaban J connectivity index is 1.93. The lowest BCUT2D eigenvalue weighted by Crippen LogP contribution is -2.54. The summed E-state index contributed by atoms with van der Waals surface area (Å²) in [7, 11) is 1.89. The smallest absolute Gasteiger partial charge is 0.329 e. The fraction of sp³-hybridized carbons (Fsp3) is 0.444. The zero-order chi connectivity index (χ0) is 16.4. The molecule has 1 amide bonds. The molecule has 0 atom stereocenters. The van der Waals surface area contributed by atoms with Gasteiger partial charge >= 0.3 is 5.97 Å². The highest BCUT2D eigenvalue weighted by Gasteiger charge is 2.40. The van der Waals surface area contributed by atoms with Crippen molar-refractivity contribution in [2.75, 3.05) is 0 Å². The third kappa shape index (κ3) is 2.83. The number of aryl methyl sites for hydroxylation is 1. The van der Waals surface area contributed by atoms with Crippen molar-refractivity contribution in [2.45, 2.75) is 44.1 Å². The van der Waals surface area contributed by atoms with Gasteiger partial charge in [0.2, 0.25) is 0 Å². The molecule has 2 aromatic rings. The van der Waals surface area contributed by atoms with Gasteiger partial charge in [0.1, 0.15) is 5.54 Å². The number of benzene rings is 1. The van der Waals surface area contributed by atoms with Crippen LogP contribution in [0, 0.1) is 0 Å². The summed E-state index contributed by atoms with van der Waals surface area (Å²) in [6, 6.07) is 7.65. The minimum atomic E-state index is -1.13. The molecule has 1 heterocycles. The zero-order valence-electron chi connectivity index (χ0n) is 13.3. The molecule has 5 heteroatoms. The fourth-order valence-electron chi connectivity index (χ4n) is 3.53. The lowest BCUT2D eigenvalue weighted by Gasteiger charge is -2.29. The van der Waals surface area contributed by atoms with Gasteiger partial charge in [0.05, 0.1) is 5.56 Å². The maximum absolute atomic E-state index is 12.8. The van der Waals surface area contributed by atoms with E-state index in [9.17, 15) is 14.7 Å². The second kappa shape index (κ2) is 6.07. The summed E-state index contributed by atoms with van der Waals surface area (Å²) in [6.07, 6.45) is 6.49. The first-order valence-corrected chi connectivity index (χ1v) is 8.13. The van der Waals surface area contributed by atoms with Crippen LogP contribution in [0.5, 0.6) is 0 Å². The number of fused-ring (bicyclic) bond motifs is 1. The Hall–Kier alpha value is -2.30. The SMILES string of the molecule is Cn1cc(C(=O)NC2(C(=O)O)CCCCCC2)c2ccccc21. The molecule has 3 rings (SSSR count). The summed E-state index contributed by atoms with van der Waals surface area (Å²) >= 11 is 0. The number of carbonyl (C=O) groups excluding carboxylic acids is 1. The molecule has 0 spiro atoms. The van der Waals surface area contributed by atoms with Gasteiger partial charge in [-0.05, 0) is 18.9 Å². The number of hydrogen-bond acceptors (Lipinski definition) is 2. The maximum Gasteiger partial charge on any atom is 0.329 e. The van der Waals surface area contributed by atoms with Crippen LogP contribution in [0.15, 0.2) is 30.5 Å². The van der Waals surface area contributed by atoms with Crippen LogP contribution < -0.4 is 5.32 Å². The van der Waals surface area contributed by atoms with E-state index in [2.05, 4.69) is 5.32 Å². The van der Waals surface area contributed by atoms with E-state index in [0.717, 1.165) is 36.6 Å². The molecule has 0 radical (unpaired) electrons. The van der Waals surface area contributed by atoms with Crippen LogP contribution in [-0.2, 0) is 11.8 Å². The van der Waals surface area contributed by atoms with Crippen molar-refractivity contribution in [1.82, 2.24) is 9.88 Å². The van der Waals surface area contributed by atoms with Gasteiger partial charge in [-0.1, -0.05) is 43.9 Å². The number of rotatable bonds is 3. The van der Waals surface area contributed by atoms with E-state index in [4.69, 9.17) is 0 Å². The van der Waals surface area contributed by atoms with Gasteiger partial charge in [-0.15, -0.1) is 0 Å². The molecule has 1 aromatic heterocycles. The Morgan fingerprint density at radius 1 is 1.13 bits per heavy atom. The van der Waals surface area contributed by atoms with Crippen LogP contribution in [0.2, 0.25) is 0 Å². The summed E-state index contributed by atoms with van der Waals surface area (Å²) in [5.74, 6) is -1.22. The molecule has 1 fully saturated rings. The highest BCUT2D eigenvalue weighted by molar-refractivity contribution is 6.08. The predicted octanol–water partition coefficient (Wildman–Crippen LogP) is 3.09. The monoisotopic (exact) mass is 314 g/mol. The van der Waals surface area contributed by atoms with Gasteiger partial charge in [0, 0.05) is 24.1 Å². The van der Waals surface area contributed by atoms with E-state index in [-0.39, 0.29) is 5.91 Å². The van der Waals surface area contributed by atoms with Crippen LogP contribution in [-0.4, -0.2) is 27.1 Å². The van der Waals surface area contributed by atoms with Gasteiger partial charge in [-0.25, -0.2) is 4.79 Å². The van der Waals surface area contributed by atoms with E-state index in [1.54, 1.807) is 6.20 Å². The van der Waals surface area contributed by atoms with Gasteiger partial charge < -0.3 is 15.0 Å². The number of amides is 1. The van der Waals surface area contributed by atoms with Crippen molar-refractivity contribution >= 4 is 22.8 Å². The third-order valence-electron chi connectivity index (χ3n) is 4.86. The zero-order valence-corrected chi connectivity index (χ0v) is 13.3. The highest BCUT2D eigenvalue weighted by Crippen LogP contribution is 2.29. The molecule has 5 nitrogen and oxygen atoms in total. The van der Waals surface area contributed by atoms with Crippen LogP contribution in [0.4, 0.5) is 0 Å². The van der Waals surface area contributed by atoms with E-state index in [0.29, 0.717) is 18.4 Å². The molecule has 2 N–H and O–H groups in total. The van der Waals surface area contributed by atoms with E-state index in [1.165, 1.54) is 0 Å². The van der Waals surface area contributed by atoms with Gasteiger partial charge in [0.25, 0.3) is 5.91 Å². The number of aromatic nitrogens is 1. The summed E-state index contributed by atoms with van der Waals surface area (Å²) in [6.45, 7) is 0. The first-order valence-electron chi connectivity index (χ1n) is 8.13. The molecular weight excluding hydrogens is 292 g/mol. The van der Waals surface area contributed by atoms with Crippen molar-refractivity contribution in [3.63, 3.8) is 0 Å². The lowest BCUT2D eigenvalue weighted by atomic mass is 9.90. The normalized spacial score (nSPS) is 17.6. The molecular formula is C18H22N2O3. The Bertz CT molecular complexity index is 740. The molecule has 0 bridgehead atoms. The first kappa shape index (κ1) is 15.6. The number of carboxylic acid groups (broad SMARTS) is 1. The van der Waals surface area contributed by atoms with Gasteiger partial charge in [0.15, 0.2) is 0 Å². The van der Waals surface area contributed by atoms with Crippen LogP contribution in [0.3, 0.4) is 0 Å². The number of nitrogens with one attached hydrogen (secondary N) is 1. The lowest BCUT2D eigenvalue weighted by molar-refractivity contribution is -0.145. The molecule has 122 valence electrons. The quantitative estimate of drug-likeness (QED) is 0.855.